The van der Waals surface area contributed by atoms with Crippen molar-refractivity contribution in [2.24, 2.45) is 5.92 Å². The fourth-order valence-electron chi connectivity index (χ4n) is 5.93. The van der Waals surface area contributed by atoms with E-state index in [0.29, 0.717) is 37.0 Å². The number of ether oxygens (including phenoxy) is 1. The van der Waals surface area contributed by atoms with E-state index in [1.165, 1.54) is 0 Å². The Hall–Kier alpha value is -3.10. The number of nitrogens with zero attached hydrogens (tertiary/aromatic N) is 2. The Morgan fingerprint density at radius 1 is 1.16 bits per heavy atom. The Kier molecular flexibility index (Phi) is 8.63. The quantitative estimate of drug-likeness (QED) is 0.370. The first-order chi connectivity index (χ1) is 18.1. The van der Waals surface area contributed by atoms with E-state index in [-0.39, 0.29) is 30.2 Å². The highest BCUT2D eigenvalue weighted by molar-refractivity contribution is 6.06. The number of alkyl carbamates (subject to hydrolysis) is 1. The molecule has 0 spiro atoms. The number of piperidine rings is 1. The van der Waals surface area contributed by atoms with Gasteiger partial charge >= 0.3 is 6.09 Å². The minimum atomic E-state index is -0.621. The third kappa shape index (κ3) is 6.48. The summed E-state index contributed by atoms with van der Waals surface area (Å²) in [5.74, 6) is -0.453. The number of unbranched alkanes of at least 4 members (excludes halogenated alkanes) is 2. The van der Waals surface area contributed by atoms with Crippen LogP contribution in [0.25, 0.3) is 0 Å². The Morgan fingerprint density at radius 3 is 2.66 bits per heavy atom. The summed E-state index contributed by atoms with van der Waals surface area (Å²) in [6, 6.07) is 5.56. The second-order valence-electron chi connectivity index (χ2n) is 11.8. The molecule has 0 bridgehead atoms. The number of benzene rings is 1. The van der Waals surface area contributed by atoms with Crippen molar-refractivity contribution in [2.75, 3.05) is 18.0 Å². The van der Waals surface area contributed by atoms with Crippen molar-refractivity contribution in [3.05, 3.63) is 29.3 Å². The number of nitrogens with one attached hydrogen (secondary N) is 2. The van der Waals surface area contributed by atoms with E-state index in [1.54, 1.807) is 4.90 Å². The summed E-state index contributed by atoms with van der Waals surface area (Å²) in [5, 5.41) is 5.32. The molecule has 1 aromatic carbocycles. The van der Waals surface area contributed by atoms with Gasteiger partial charge in [-0.25, -0.2) is 4.79 Å². The lowest BCUT2D eigenvalue weighted by Gasteiger charge is -2.34. The van der Waals surface area contributed by atoms with Gasteiger partial charge in [-0.1, -0.05) is 25.8 Å². The normalized spacial score (nSPS) is 23.3. The first-order valence-electron chi connectivity index (χ1n) is 14.1. The smallest absolute Gasteiger partial charge is 0.407 e. The molecule has 0 radical (unpaired) electrons. The molecule has 3 atom stereocenters. The van der Waals surface area contributed by atoms with Crippen LogP contribution < -0.4 is 15.5 Å². The molecule has 2 fully saturated rings. The zero-order valence-corrected chi connectivity index (χ0v) is 23.2. The maximum absolute atomic E-state index is 13.4. The van der Waals surface area contributed by atoms with Gasteiger partial charge in [-0.15, -0.1) is 0 Å². The number of hydrogen-bond donors (Lipinski definition) is 2. The fraction of sp³-hybridized carbons (Fsp3) is 0.655. The molecule has 1 unspecified atom stereocenters. The number of carbonyl (C=O) groups excluding carboxylic acids is 4. The van der Waals surface area contributed by atoms with Crippen molar-refractivity contribution in [3.8, 4) is 0 Å². The lowest BCUT2D eigenvalue weighted by Crippen LogP contribution is -2.52. The molecule has 38 heavy (non-hydrogen) atoms. The van der Waals surface area contributed by atoms with Crippen molar-refractivity contribution in [1.82, 2.24) is 15.5 Å². The lowest BCUT2D eigenvalue weighted by molar-refractivity contribution is -0.136. The van der Waals surface area contributed by atoms with Crippen molar-refractivity contribution in [1.29, 1.82) is 0 Å². The SMILES string of the molecule is CCCCCN(c1cccc2c1CN(C1CCC(=O)NC1=O)C2=O)[C@@H]1CC[C@@H](CNC(=O)OC(C)(C)C)C1. The van der Waals surface area contributed by atoms with Gasteiger partial charge in [0.1, 0.15) is 11.6 Å². The minimum absolute atomic E-state index is 0.143. The number of carbonyl (C=O) groups is 4. The van der Waals surface area contributed by atoms with Crippen molar-refractivity contribution in [3.63, 3.8) is 0 Å². The van der Waals surface area contributed by atoms with Crippen LogP contribution in [-0.2, 0) is 20.9 Å². The van der Waals surface area contributed by atoms with E-state index in [1.807, 2.05) is 32.9 Å². The zero-order chi connectivity index (χ0) is 27.4. The van der Waals surface area contributed by atoms with Crippen molar-refractivity contribution in [2.45, 2.75) is 103 Å². The van der Waals surface area contributed by atoms with E-state index < -0.39 is 11.6 Å². The summed E-state index contributed by atoms with van der Waals surface area (Å²) in [6.45, 7) is 9.62. The summed E-state index contributed by atoms with van der Waals surface area (Å²) in [4.78, 5) is 53.8. The van der Waals surface area contributed by atoms with Gasteiger partial charge in [0.25, 0.3) is 5.91 Å². The van der Waals surface area contributed by atoms with Crippen LogP contribution >= 0.6 is 0 Å². The van der Waals surface area contributed by atoms with E-state index in [9.17, 15) is 19.2 Å². The standard InChI is InChI=1S/C29H42N4O5/c1-5-6-7-15-32(20-12-11-19(16-20)17-30-28(37)38-29(2,3)4)23-10-8-9-21-22(23)18-33(27(21)36)24-13-14-25(34)31-26(24)35/h8-10,19-20,24H,5-7,11-18H2,1-4H3,(H,30,37)(H,31,34,35)/t19-,20-,24?/m1/s1. The predicted molar refractivity (Wildman–Crippen MR) is 145 cm³/mol. The zero-order valence-electron chi connectivity index (χ0n) is 23.2. The molecule has 2 heterocycles. The Balaban J connectivity index is 1.49. The van der Waals surface area contributed by atoms with Crippen LogP contribution in [0.2, 0.25) is 0 Å². The van der Waals surface area contributed by atoms with Gasteiger partial charge in [0, 0.05) is 48.9 Å². The largest absolute Gasteiger partial charge is 0.444 e. The summed E-state index contributed by atoms with van der Waals surface area (Å²) >= 11 is 0. The number of imide groups is 1. The lowest BCUT2D eigenvalue weighted by atomic mass is 10.0. The average molecular weight is 527 g/mol. The molecule has 9 nitrogen and oxygen atoms in total. The number of anilines is 1. The maximum atomic E-state index is 13.4. The third-order valence-corrected chi connectivity index (χ3v) is 7.76. The van der Waals surface area contributed by atoms with Crippen LogP contribution in [0, 0.1) is 5.92 Å². The summed E-state index contributed by atoms with van der Waals surface area (Å²) < 4.78 is 5.40. The molecule has 2 aliphatic heterocycles. The van der Waals surface area contributed by atoms with E-state index in [0.717, 1.165) is 56.3 Å². The fourth-order valence-corrected chi connectivity index (χ4v) is 5.93. The number of fused-ring (bicyclic) bond motifs is 1. The minimum Gasteiger partial charge on any atom is -0.444 e. The third-order valence-electron chi connectivity index (χ3n) is 7.76. The molecule has 1 aromatic rings. The van der Waals surface area contributed by atoms with Gasteiger partial charge in [0.2, 0.25) is 11.8 Å². The molecule has 9 heteroatoms. The van der Waals surface area contributed by atoms with Crippen LogP contribution in [-0.4, -0.2) is 59.5 Å². The topological polar surface area (TPSA) is 108 Å². The summed E-state index contributed by atoms with van der Waals surface area (Å²) in [5.41, 5.74) is 2.15. The van der Waals surface area contributed by atoms with Crippen molar-refractivity contribution >= 4 is 29.5 Å². The van der Waals surface area contributed by atoms with Gasteiger partial charge in [-0.05, 0) is 70.9 Å². The maximum Gasteiger partial charge on any atom is 0.407 e. The second kappa shape index (κ2) is 11.7. The predicted octanol–water partition coefficient (Wildman–Crippen LogP) is 4.14. The summed E-state index contributed by atoms with van der Waals surface area (Å²) in [7, 11) is 0. The first kappa shape index (κ1) is 27.9. The molecule has 208 valence electrons. The van der Waals surface area contributed by atoms with Crippen LogP contribution in [0.1, 0.15) is 95.0 Å². The number of hydrogen-bond acceptors (Lipinski definition) is 6. The Bertz CT molecular complexity index is 1070. The molecule has 4 amide bonds. The Morgan fingerprint density at radius 2 is 1.95 bits per heavy atom. The van der Waals surface area contributed by atoms with Gasteiger partial charge in [-0.2, -0.15) is 0 Å². The average Bonchev–Trinajstić information content (AvgIpc) is 3.45. The summed E-state index contributed by atoms with van der Waals surface area (Å²) in [6.07, 6.45) is 6.51. The molecule has 2 N–H and O–H groups in total. The van der Waals surface area contributed by atoms with Crippen molar-refractivity contribution < 1.29 is 23.9 Å². The van der Waals surface area contributed by atoms with Gasteiger partial charge in [0.05, 0.1) is 0 Å². The molecule has 1 saturated heterocycles. The number of rotatable bonds is 9. The van der Waals surface area contributed by atoms with Crippen LogP contribution in [0.4, 0.5) is 10.5 Å². The number of amides is 4. The molecular formula is C29H42N4O5. The van der Waals surface area contributed by atoms with Crippen LogP contribution in [0.3, 0.4) is 0 Å². The highest BCUT2D eigenvalue weighted by Crippen LogP contribution is 2.38. The van der Waals surface area contributed by atoms with E-state index >= 15 is 0 Å². The highest BCUT2D eigenvalue weighted by Gasteiger charge is 2.41. The van der Waals surface area contributed by atoms with Gasteiger partial charge in [0.15, 0.2) is 0 Å². The van der Waals surface area contributed by atoms with E-state index in [2.05, 4.69) is 28.5 Å². The van der Waals surface area contributed by atoms with Gasteiger partial charge < -0.3 is 19.9 Å². The van der Waals surface area contributed by atoms with Gasteiger partial charge in [-0.3, -0.25) is 19.7 Å². The molecular weight excluding hydrogens is 484 g/mol. The van der Waals surface area contributed by atoms with E-state index in [4.69, 9.17) is 4.74 Å². The highest BCUT2D eigenvalue weighted by atomic mass is 16.6. The molecule has 0 aromatic heterocycles. The molecule has 4 rings (SSSR count). The molecule has 1 saturated carbocycles. The Labute approximate surface area is 225 Å². The monoisotopic (exact) mass is 526 g/mol. The second-order valence-corrected chi connectivity index (χ2v) is 11.8. The first-order valence-corrected chi connectivity index (χ1v) is 14.1. The van der Waals surface area contributed by atoms with Crippen LogP contribution in [0.15, 0.2) is 18.2 Å². The van der Waals surface area contributed by atoms with Crippen LogP contribution in [0.5, 0.6) is 0 Å². The molecule has 1 aliphatic carbocycles. The molecule has 3 aliphatic rings.